The molecule has 0 aliphatic rings. The molecule has 0 aliphatic heterocycles. The van der Waals surface area contributed by atoms with Crippen LogP contribution < -0.4 is 4.72 Å². The number of aromatic nitrogens is 2. The third kappa shape index (κ3) is 5.36. The van der Waals surface area contributed by atoms with E-state index in [1.807, 2.05) is 36.4 Å². The number of pyridine rings is 2. The summed E-state index contributed by atoms with van der Waals surface area (Å²) in [6.45, 7) is 1.08. The Morgan fingerprint density at radius 1 is 0.897 bits per heavy atom. The zero-order chi connectivity index (χ0) is 20.1. The molecule has 4 aromatic rings. The molecule has 2 aromatic heterocycles. The molecule has 0 spiro atoms. The van der Waals surface area contributed by atoms with E-state index in [4.69, 9.17) is 9.90 Å². The van der Waals surface area contributed by atoms with Crippen molar-refractivity contribution in [1.29, 1.82) is 0 Å². The van der Waals surface area contributed by atoms with E-state index in [0.717, 1.165) is 28.6 Å². The van der Waals surface area contributed by atoms with Gasteiger partial charge in [0.05, 0.1) is 11.2 Å². The van der Waals surface area contributed by atoms with Crippen LogP contribution in [0.2, 0.25) is 0 Å². The normalized spacial score (nSPS) is 10.5. The molecule has 0 fully saturated rings. The summed E-state index contributed by atoms with van der Waals surface area (Å²) >= 11 is 0. The first kappa shape index (κ1) is 22.4. The molecule has 4 rings (SSSR count). The van der Waals surface area contributed by atoms with Crippen molar-refractivity contribution in [3.63, 3.8) is 0 Å². The van der Waals surface area contributed by atoms with E-state index in [-0.39, 0.29) is 25.4 Å². The SMILES string of the molecule is CC(=O)O.O=S(=O)(Nc1cccc2ccc3cccnc3c12)c1ccccn1.[Pd]. The van der Waals surface area contributed by atoms with Crippen molar-refractivity contribution < 1.29 is 38.7 Å². The first-order valence-electron chi connectivity index (χ1n) is 8.28. The first-order chi connectivity index (χ1) is 13.4. The van der Waals surface area contributed by atoms with Crippen molar-refractivity contribution in [2.24, 2.45) is 0 Å². The third-order valence-electron chi connectivity index (χ3n) is 3.77. The molecule has 0 saturated heterocycles. The fourth-order valence-corrected chi connectivity index (χ4v) is 3.72. The van der Waals surface area contributed by atoms with E-state index in [1.165, 1.54) is 12.3 Å². The van der Waals surface area contributed by atoms with E-state index in [1.54, 1.807) is 24.4 Å². The smallest absolute Gasteiger partial charge is 0.300 e. The predicted octanol–water partition coefficient (Wildman–Crippen LogP) is 3.67. The molecule has 9 heteroatoms. The maximum absolute atomic E-state index is 12.6. The van der Waals surface area contributed by atoms with E-state index >= 15 is 0 Å². The molecule has 0 bridgehead atoms. The average Bonchev–Trinajstić information content (AvgIpc) is 2.68. The average molecular weight is 502 g/mol. The molecule has 2 aromatic carbocycles. The Hall–Kier alpha value is -2.86. The van der Waals surface area contributed by atoms with Crippen molar-refractivity contribution in [2.75, 3.05) is 4.72 Å². The Morgan fingerprint density at radius 3 is 2.24 bits per heavy atom. The van der Waals surface area contributed by atoms with Crippen molar-refractivity contribution >= 4 is 43.4 Å². The number of nitrogens with one attached hydrogen (secondary N) is 1. The molecule has 2 heterocycles. The van der Waals surface area contributed by atoms with Crippen LogP contribution in [0.5, 0.6) is 0 Å². The first-order valence-corrected chi connectivity index (χ1v) is 9.76. The van der Waals surface area contributed by atoms with Crippen LogP contribution in [0, 0.1) is 0 Å². The largest absolute Gasteiger partial charge is 0.481 e. The third-order valence-corrected chi connectivity index (χ3v) is 5.05. The van der Waals surface area contributed by atoms with Gasteiger partial charge in [0.15, 0.2) is 5.03 Å². The molecule has 0 atom stereocenters. The topological polar surface area (TPSA) is 109 Å². The van der Waals surface area contributed by atoms with Crippen LogP contribution in [0.25, 0.3) is 21.7 Å². The summed E-state index contributed by atoms with van der Waals surface area (Å²) in [5, 5.41) is 10.0. The molecular formula is C20H17N3O4PdS. The van der Waals surface area contributed by atoms with Crippen LogP contribution in [0.15, 0.2) is 78.1 Å². The quantitative estimate of drug-likeness (QED) is 0.327. The van der Waals surface area contributed by atoms with Crippen LogP contribution in [0.1, 0.15) is 6.92 Å². The number of rotatable bonds is 3. The van der Waals surface area contributed by atoms with Gasteiger partial charge in [-0.2, -0.15) is 8.42 Å². The number of aliphatic carboxylic acids is 1. The van der Waals surface area contributed by atoms with Crippen LogP contribution in [-0.4, -0.2) is 29.5 Å². The van der Waals surface area contributed by atoms with E-state index in [2.05, 4.69) is 14.7 Å². The Bertz CT molecular complexity index is 1240. The van der Waals surface area contributed by atoms with E-state index in [0.29, 0.717) is 5.69 Å². The van der Waals surface area contributed by atoms with Gasteiger partial charge >= 0.3 is 0 Å². The number of carbonyl (C=O) groups is 1. The zero-order valence-electron chi connectivity index (χ0n) is 15.2. The number of sulfonamides is 1. The van der Waals surface area contributed by atoms with Gasteiger partial charge in [0.2, 0.25) is 0 Å². The van der Waals surface area contributed by atoms with Crippen molar-refractivity contribution in [3.05, 3.63) is 73.1 Å². The molecule has 2 N–H and O–H groups in total. The number of carboxylic acids is 1. The number of anilines is 1. The summed E-state index contributed by atoms with van der Waals surface area (Å²) in [6.07, 6.45) is 3.15. The van der Waals surface area contributed by atoms with Gasteiger partial charge < -0.3 is 5.11 Å². The summed E-state index contributed by atoms with van der Waals surface area (Å²) in [5.41, 5.74) is 1.25. The van der Waals surface area contributed by atoms with Crippen LogP contribution in [0.3, 0.4) is 0 Å². The van der Waals surface area contributed by atoms with Crippen LogP contribution >= 0.6 is 0 Å². The molecule has 152 valence electrons. The second-order valence-electron chi connectivity index (χ2n) is 5.84. The number of hydrogen-bond acceptors (Lipinski definition) is 5. The second-order valence-corrected chi connectivity index (χ2v) is 7.47. The molecule has 0 saturated carbocycles. The fourth-order valence-electron chi connectivity index (χ4n) is 2.70. The van der Waals surface area contributed by atoms with Crippen LogP contribution in [0.4, 0.5) is 5.69 Å². The summed E-state index contributed by atoms with van der Waals surface area (Å²) in [6, 6.07) is 18.0. The predicted molar refractivity (Wildman–Crippen MR) is 108 cm³/mol. The Labute approximate surface area is 181 Å². The number of benzene rings is 2. The van der Waals surface area contributed by atoms with Gasteiger partial charge in [-0.05, 0) is 29.7 Å². The minimum atomic E-state index is -3.76. The van der Waals surface area contributed by atoms with E-state index < -0.39 is 16.0 Å². The number of fused-ring (bicyclic) bond motifs is 3. The Morgan fingerprint density at radius 2 is 1.55 bits per heavy atom. The maximum Gasteiger partial charge on any atom is 0.300 e. The molecule has 0 aliphatic carbocycles. The summed E-state index contributed by atoms with van der Waals surface area (Å²) in [4.78, 5) is 17.3. The Kier molecular flexibility index (Phi) is 7.40. The fraction of sp³-hybridized carbons (Fsp3) is 0.0500. The molecule has 7 nitrogen and oxygen atoms in total. The molecule has 0 unspecified atom stereocenters. The van der Waals surface area contributed by atoms with Gasteiger partial charge in [-0.25, -0.2) is 4.98 Å². The number of hydrogen-bond donors (Lipinski definition) is 2. The Balaban J connectivity index is 0.000000552. The number of carboxylic acid groups (broad SMARTS) is 1. The van der Waals surface area contributed by atoms with Gasteiger partial charge in [0, 0.05) is 50.5 Å². The minimum absolute atomic E-state index is 0. The van der Waals surface area contributed by atoms with Crippen molar-refractivity contribution in [1.82, 2.24) is 9.97 Å². The second kappa shape index (κ2) is 9.56. The van der Waals surface area contributed by atoms with Crippen LogP contribution in [-0.2, 0) is 35.2 Å². The summed E-state index contributed by atoms with van der Waals surface area (Å²) in [5.74, 6) is -0.833. The van der Waals surface area contributed by atoms with Crippen molar-refractivity contribution in [3.8, 4) is 0 Å². The monoisotopic (exact) mass is 501 g/mol. The summed E-state index contributed by atoms with van der Waals surface area (Å²) < 4.78 is 27.8. The molecular weight excluding hydrogens is 485 g/mol. The zero-order valence-corrected chi connectivity index (χ0v) is 17.6. The van der Waals surface area contributed by atoms with Gasteiger partial charge in [-0.3, -0.25) is 14.5 Å². The molecule has 0 radical (unpaired) electrons. The van der Waals surface area contributed by atoms with Gasteiger partial charge in [0.1, 0.15) is 0 Å². The minimum Gasteiger partial charge on any atom is -0.481 e. The van der Waals surface area contributed by atoms with Gasteiger partial charge in [0.25, 0.3) is 16.0 Å². The number of nitrogens with zero attached hydrogens (tertiary/aromatic N) is 2. The van der Waals surface area contributed by atoms with Gasteiger partial charge in [-0.15, -0.1) is 0 Å². The molecule has 0 amide bonds. The maximum atomic E-state index is 12.6. The molecule has 29 heavy (non-hydrogen) atoms. The van der Waals surface area contributed by atoms with Crippen molar-refractivity contribution in [2.45, 2.75) is 11.9 Å². The summed E-state index contributed by atoms with van der Waals surface area (Å²) in [7, 11) is -3.76. The standard InChI is InChI=1S/C18H13N3O2S.C2H4O2.Pd/c22-24(23,16-8-1-2-11-19-16)21-15-7-3-5-13-9-10-14-6-4-12-20-18(14)17(13)15;1-2(3)4;/h1-12,21H;1H3,(H,3,4);. The van der Waals surface area contributed by atoms with Gasteiger partial charge in [-0.1, -0.05) is 36.4 Å². The van der Waals surface area contributed by atoms with E-state index in [9.17, 15) is 8.42 Å².